The van der Waals surface area contributed by atoms with Gasteiger partial charge in [-0.25, -0.2) is 0 Å². The molecule has 2 aliphatic rings. The van der Waals surface area contributed by atoms with E-state index in [4.69, 9.17) is 9.47 Å². The molecule has 3 atom stereocenters. The molecule has 1 heterocycles. The number of hydrogen-bond acceptors (Lipinski definition) is 4. The number of aliphatic hydroxyl groups is 1. The summed E-state index contributed by atoms with van der Waals surface area (Å²) in [6.07, 6.45) is 3.67. The van der Waals surface area contributed by atoms with Gasteiger partial charge in [0.25, 0.3) is 0 Å². The molecule has 1 saturated carbocycles. The third-order valence-corrected chi connectivity index (χ3v) is 3.20. The van der Waals surface area contributed by atoms with E-state index in [9.17, 15) is 5.11 Å². The molecule has 1 aliphatic heterocycles. The highest BCUT2D eigenvalue weighted by atomic mass is 16.5. The second-order valence-corrected chi connectivity index (χ2v) is 4.59. The minimum atomic E-state index is -0.407. The monoisotopic (exact) mass is 215 g/mol. The Morgan fingerprint density at radius 1 is 1.47 bits per heavy atom. The molecule has 0 aromatic heterocycles. The molecular formula is C11H21NO3. The zero-order chi connectivity index (χ0) is 10.7. The minimum Gasteiger partial charge on any atom is -0.389 e. The van der Waals surface area contributed by atoms with Gasteiger partial charge in [0.05, 0.1) is 18.8 Å². The summed E-state index contributed by atoms with van der Waals surface area (Å²) in [6.45, 7) is 1.86. The molecule has 1 saturated heterocycles. The maximum atomic E-state index is 9.52. The lowest BCUT2D eigenvalue weighted by molar-refractivity contribution is 0.0531. The van der Waals surface area contributed by atoms with Crippen LogP contribution >= 0.6 is 0 Å². The second-order valence-electron chi connectivity index (χ2n) is 4.59. The smallest absolute Gasteiger partial charge is 0.0897 e. The van der Waals surface area contributed by atoms with Crippen LogP contribution in [0.15, 0.2) is 0 Å². The lowest BCUT2D eigenvalue weighted by atomic mass is 10.1. The summed E-state index contributed by atoms with van der Waals surface area (Å²) in [4.78, 5) is 0. The Balaban J connectivity index is 1.68. The summed E-state index contributed by atoms with van der Waals surface area (Å²) in [7, 11) is 1.61. The van der Waals surface area contributed by atoms with E-state index in [-0.39, 0.29) is 0 Å². The fourth-order valence-corrected chi connectivity index (χ4v) is 2.26. The van der Waals surface area contributed by atoms with Crippen LogP contribution in [0, 0.1) is 5.92 Å². The zero-order valence-electron chi connectivity index (χ0n) is 9.32. The van der Waals surface area contributed by atoms with Crippen molar-refractivity contribution in [1.29, 1.82) is 0 Å². The number of nitrogens with one attached hydrogen (secondary N) is 1. The number of hydrogen-bond donors (Lipinski definition) is 2. The Bertz CT molecular complexity index is 196. The third kappa shape index (κ3) is 3.14. The fraction of sp³-hybridized carbons (Fsp3) is 1.00. The molecule has 0 amide bonds. The SMILES string of the molecule is COCC(O)CNC1CCOC1C1CC1. The molecule has 88 valence electrons. The highest BCUT2D eigenvalue weighted by molar-refractivity contribution is 4.93. The van der Waals surface area contributed by atoms with Crippen molar-refractivity contribution < 1.29 is 14.6 Å². The molecule has 3 unspecified atom stereocenters. The molecule has 0 spiro atoms. The van der Waals surface area contributed by atoms with Gasteiger partial charge in [0.15, 0.2) is 0 Å². The average Bonchev–Trinajstić information content (AvgIpc) is 2.96. The van der Waals surface area contributed by atoms with E-state index in [1.807, 2.05) is 0 Å². The van der Waals surface area contributed by atoms with Crippen molar-refractivity contribution in [2.24, 2.45) is 5.92 Å². The maximum absolute atomic E-state index is 9.52. The van der Waals surface area contributed by atoms with Crippen molar-refractivity contribution in [1.82, 2.24) is 5.32 Å². The zero-order valence-corrected chi connectivity index (χ0v) is 9.32. The van der Waals surface area contributed by atoms with Crippen molar-refractivity contribution in [2.45, 2.75) is 37.5 Å². The van der Waals surface area contributed by atoms with Crippen molar-refractivity contribution in [3.63, 3.8) is 0 Å². The van der Waals surface area contributed by atoms with E-state index in [1.165, 1.54) is 12.8 Å². The first-order chi connectivity index (χ1) is 7.31. The average molecular weight is 215 g/mol. The molecule has 0 aromatic rings. The molecule has 15 heavy (non-hydrogen) atoms. The molecule has 4 nitrogen and oxygen atoms in total. The summed E-state index contributed by atoms with van der Waals surface area (Å²) < 4.78 is 10.6. The van der Waals surface area contributed by atoms with E-state index in [0.29, 0.717) is 25.3 Å². The highest BCUT2D eigenvalue weighted by Gasteiger charge is 2.40. The van der Waals surface area contributed by atoms with Crippen molar-refractivity contribution in [2.75, 3.05) is 26.9 Å². The molecule has 0 aromatic carbocycles. The van der Waals surface area contributed by atoms with Crippen molar-refractivity contribution in [3.8, 4) is 0 Å². The van der Waals surface area contributed by atoms with Crippen LogP contribution in [0.25, 0.3) is 0 Å². The van der Waals surface area contributed by atoms with Crippen LogP contribution in [-0.4, -0.2) is 50.2 Å². The van der Waals surface area contributed by atoms with Crippen LogP contribution < -0.4 is 5.32 Å². The van der Waals surface area contributed by atoms with E-state index in [1.54, 1.807) is 7.11 Å². The summed E-state index contributed by atoms with van der Waals surface area (Å²) >= 11 is 0. The van der Waals surface area contributed by atoms with Crippen LogP contribution in [0.4, 0.5) is 0 Å². The first-order valence-electron chi connectivity index (χ1n) is 5.83. The Morgan fingerprint density at radius 3 is 2.93 bits per heavy atom. The molecular weight excluding hydrogens is 194 g/mol. The lowest BCUT2D eigenvalue weighted by Gasteiger charge is -2.21. The largest absolute Gasteiger partial charge is 0.389 e. The number of methoxy groups -OCH3 is 1. The number of ether oxygens (including phenoxy) is 2. The fourth-order valence-electron chi connectivity index (χ4n) is 2.26. The van der Waals surface area contributed by atoms with Gasteiger partial charge in [0, 0.05) is 26.3 Å². The molecule has 1 aliphatic carbocycles. The standard InChI is InChI=1S/C11H21NO3/c1-14-7-9(13)6-12-10-4-5-15-11(10)8-2-3-8/h8-13H,2-7H2,1H3. The second kappa shape index (κ2) is 5.25. The predicted molar refractivity (Wildman–Crippen MR) is 56.8 cm³/mol. The first-order valence-corrected chi connectivity index (χ1v) is 5.83. The number of rotatable bonds is 6. The van der Waals surface area contributed by atoms with Gasteiger partial charge >= 0.3 is 0 Å². The predicted octanol–water partition coefficient (Wildman–Crippen LogP) is 0.151. The van der Waals surface area contributed by atoms with Crippen LogP contribution in [-0.2, 0) is 9.47 Å². The molecule has 0 bridgehead atoms. The van der Waals surface area contributed by atoms with Crippen molar-refractivity contribution in [3.05, 3.63) is 0 Å². The van der Waals surface area contributed by atoms with Crippen LogP contribution in [0.3, 0.4) is 0 Å². The molecule has 0 radical (unpaired) electrons. The van der Waals surface area contributed by atoms with E-state index >= 15 is 0 Å². The molecule has 2 fully saturated rings. The molecule has 4 heteroatoms. The number of aliphatic hydroxyl groups excluding tert-OH is 1. The topological polar surface area (TPSA) is 50.7 Å². The van der Waals surface area contributed by atoms with Gasteiger partial charge < -0.3 is 19.9 Å². The highest BCUT2D eigenvalue weighted by Crippen LogP contribution is 2.38. The van der Waals surface area contributed by atoms with Gasteiger partial charge in [0.1, 0.15) is 0 Å². The van der Waals surface area contributed by atoms with E-state index in [2.05, 4.69) is 5.32 Å². The summed E-state index contributed by atoms with van der Waals surface area (Å²) in [5.74, 6) is 0.768. The summed E-state index contributed by atoms with van der Waals surface area (Å²) in [5, 5.41) is 12.9. The van der Waals surface area contributed by atoms with Crippen LogP contribution in [0.5, 0.6) is 0 Å². The molecule has 2 N–H and O–H groups in total. The third-order valence-electron chi connectivity index (χ3n) is 3.20. The molecule has 2 rings (SSSR count). The van der Waals surface area contributed by atoms with E-state index in [0.717, 1.165) is 18.9 Å². The lowest BCUT2D eigenvalue weighted by Crippen LogP contribution is -2.42. The van der Waals surface area contributed by atoms with Gasteiger partial charge in [-0.05, 0) is 25.2 Å². The van der Waals surface area contributed by atoms with E-state index < -0.39 is 6.10 Å². The van der Waals surface area contributed by atoms with Gasteiger partial charge in [-0.1, -0.05) is 0 Å². The first kappa shape index (κ1) is 11.3. The Morgan fingerprint density at radius 2 is 2.27 bits per heavy atom. The Kier molecular flexibility index (Phi) is 3.97. The summed E-state index contributed by atoms with van der Waals surface area (Å²) in [5.41, 5.74) is 0. The van der Waals surface area contributed by atoms with Gasteiger partial charge in [-0.15, -0.1) is 0 Å². The van der Waals surface area contributed by atoms with Gasteiger partial charge in [0.2, 0.25) is 0 Å². The minimum absolute atomic E-state index is 0.389. The van der Waals surface area contributed by atoms with Gasteiger partial charge in [-0.3, -0.25) is 0 Å². The van der Waals surface area contributed by atoms with Crippen LogP contribution in [0.1, 0.15) is 19.3 Å². The van der Waals surface area contributed by atoms with Crippen molar-refractivity contribution >= 4 is 0 Å². The Labute approximate surface area is 90.9 Å². The Hall–Kier alpha value is -0.160. The maximum Gasteiger partial charge on any atom is 0.0897 e. The normalized spacial score (nSPS) is 33.2. The van der Waals surface area contributed by atoms with Gasteiger partial charge in [-0.2, -0.15) is 0 Å². The quantitative estimate of drug-likeness (QED) is 0.662. The van der Waals surface area contributed by atoms with Crippen LogP contribution in [0.2, 0.25) is 0 Å². The summed E-state index contributed by atoms with van der Waals surface area (Å²) in [6, 6.07) is 0.434.